The molecule has 4 rings (SSSR count). The minimum atomic E-state index is -0.354. The Morgan fingerprint density at radius 2 is 2.22 bits per heavy atom. The van der Waals surface area contributed by atoms with Gasteiger partial charge in [-0.3, -0.25) is 4.98 Å². The Bertz CT molecular complexity index is 879. The highest BCUT2D eigenvalue weighted by Crippen LogP contribution is 2.27. The Morgan fingerprint density at radius 1 is 1.30 bits per heavy atom. The van der Waals surface area contributed by atoms with E-state index in [9.17, 15) is 4.79 Å². The van der Waals surface area contributed by atoms with Crippen molar-refractivity contribution in [3.8, 4) is 17.4 Å². The van der Waals surface area contributed by atoms with Gasteiger partial charge in [0.15, 0.2) is 5.82 Å². The van der Waals surface area contributed by atoms with Crippen molar-refractivity contribution in [3.63, 3.8) is 0 Å². The molecule has 118 valence electrons. The molecule has 0 radical (unpaired) electrons. The summed E-state index contributed by atoms with van der Waals surface area (Å²) in [5, 5.41) is 11.7. The van der Waals surface area contributed by atoms with Gasteiger partial charge in [0.05, 0.1) is 0 Å². The van der Waals surface area contributed by atoms with Crippen molar-refractivity contribution in [1.82, 2.24) is 25.5 Å². The van der Waals surface area contributed by atoms with Gasteiger partial charge in [0.2, 0.25) is 5.88 Å². The fourth-order valence-corrected chi connectivity index (χ4v) is 2.87. The van der Waals surface area contributed by atoms with E-state index in [1.807, 2.05) is 30.3 Å². The Kier molecular flexibility index (Phi) is 3.55. The van der Waals surface area contributed by atoms with E-state index >= 15 is 0 Å². The molecule has 0 saturated carbocycles. The van der Waals surface area contributed by atoms with E-state index in [2.05, 4.69) is 25.5 Å². The monoisotopic (exact) mass is 311 g/mol. The van der Waals surface area contributed by atoms with E-state index in [1.54, 1.807) is 0 Å². The highest BCUT2D eigenvalue weighted by molar-refractivity contribution is 5.89. The molecular formula is C16H17N5O2. The fraction of sp³-hybridized carbons (Fsp3) is 0.312. The Balaban J connectivity index is 1.72. The maximum absolute atomic E-state index is 11.3. The van der Waals surface area contributed by atoms with E-state index in [0.717, 1.165) is 23.7 Å². The first-order valence-corrected chi connectivity index (χ1v) is 7.70. The van der Waals surface area contributed by atoms with Crippen LogP contribution in [0.4, 0.5) is 0 Å². The van der Waals surface area contributed by atoms with E-state index in [0.29, 0.717) is 30.0 Å². The van der Waals surface area contributed by atoms with E-state index in [1.165, 1.54) is 6.42 Å². The summed E-state index contributed by atoms with van der Waals surface area (Å²) in [6, 6.07) is 10.2. The summed E-state index contributed by atoms with van der Waals surface area (Å²) < 4.78 is 5.97. The topological polar surface area (TPSA) is 95.7 Å². The number of hydrogen-bond donors (Lipinski definition) is 3. The van der Waals surface area contributed by atoms with Gasteiger partial charge in [-0.05, 0) is 36.9 Å². The number of aromatic amines is 2. The Labute approximate surface area is 132 Å². The van der Waals surface area contributed by atoms with Gasteiger partial charge in [0.1, 0.15) is 12.3 Å². The zero-order chi connectivity index (χ0) is 15.6. The molecule has 0 spiro atoms. The van der Waals surface area contributed by atoms with Crippen LogP contribution in [0.15, 0.2) is 35.1 Å². The predicted molar refractivity (Wildman–Crippen MR) is 86.5 cm³/mol. The number of nitrogens with one attached hydrogen (secondary N) is 3. The zero-order valence-corrected chi connectivity index (χ0v) is 12.5. The van der Waals surface area contributed by atoms with Gasteiger partial charge in [0, 0.05) is 11.4 Å². The molecule has 1 fully saturated rings. The number of H-pyrrole nitrogens is 2. The van der Waals surface area contributed by atoms with Crippen molar-refractivity contribution in [2.75, 3.05) is 13.2 Å². The number of pyridine rings is 1. The summed E-state index contributed by atoms with van der Waals surface area (Å²) in [6.45, 7) is 1.62. The molecule has 2 aromatic heterocycles. The SMILES string of the molecule is O=c1[nH]nc(-c2cc3ccccc3c(OCC3CCCN3)n2)[nH]1. The van der Waals surface area contributed by atoms with E-state index in [4.69, 9.17) is 4.74 Å². The number of benzene rings is 1. The Hall–Kier alpha value is -2.67. The molecule has 1 aromatic carbocycles. The third-order valence-corrected chi connectivity index (χ3v) is 4.03. The molecule has 0 bridgehead atoms. The smallest absolute Gasteiger partial charge is 0.340 e. The summed E-state index contributed by atoms with van der Waals surface area (Å²) in [5.41, 5.74) is 0.226. The highest BCUT2D eigenvalue weighted by atomic mass is 16.5. The van der Waals surface area contributed by atoms with Crippen molar-refractivity contribution in [2.24, 2.45) is 0 Å². The van der Waals surface area contributed by atoms with Crippen LogP contribution in [0, 0.1) is 0 Å². The largest absolute Gasteiger partial charge is 0.476 e. The zero-order valence-electron chi connectivity index (χ0n) is 12.5. The van der Waals surface area contributed by atoms with Gasteiger partial charge in [-0.15, -0.1) is 0 Å². The lowest BCUT2D eigenvalue weighted by Crippen LogP contribution is -2.28. The number of nitrogens with zero attached hydrogens (tertiary/aromatic N) is 2. The molecule has 3 heterocycles. The molecule has 1 atom stereocenters. The van der Waals surface area contributed by atoms with Crippen molar-refractivity contribution in [3.05, 3.63) is 40.8 Å². The lowest BCUT2D eigenvalue weighted by atomic mass is 10.1. The molecule has 1 saturated heterocycles. The summed E-state index contributed by atoms with van der Waals surface area (Å²) in [5.74, 6) is 0.972. The number of rotatable bonds is 4. The molecule has 1 aliphatic rings. The molecule has 0 aliphatic carbocycles. The number of ether oxygens (including phenoxy) is 1. The molecule has 7 nitrogen and oxygen atoms in total. The molecule has 23 heavy (non-hydrogen) atoms. The second-order valence-electron chi connectivity index (χ2n) is 5.66. The predicted octanol–water partition coefficient (Wildman–Crippen LogP) is 1.44. The van der Waals surface area contributed by atoms with Gasteiger partial charge in [-0.2, -0.15) is 5.10 Å². The average molecular weight is 311 g/mol. The van der Waals surface area contributed by atoms with Crippen LogP contribution in [0.1, 0.15) is 12.8 Å². The first kappa shape index (κ1) is 14.0. The second kappa shape index (κ2) is 5.85. The third kappa shape index (κ3) is 2.83. The van der Waals surface area contributed by atoms with Gasteiger partial charge in [-0.25, -0.2) is 14.9 Å². The maximum Gasteiger partial charge on any atom is 0.340 e. The van der Waals surface area contributed by atoms with E-state index in [-0.39, 0.29) is 5.69 Å². The summed E-state index contributed by atoms with van der Waals surface area (Å²) >= 11 is 0. The molecule has 3 N–H and O–H groups in total. The third-order valence-electron chi connectivity index (χ3n) is 4.03. The van der Waals surface area contributed by atoms with Gasteiger partial charge in [0.25, 0.3) is 0 Å². The van der Waals surface area contributed by atoms with Crippen LogP contribution in [0.5, 0.6) is 5.88 Å². The van der Waals surface area contributed by atoms with Crippen LogP contribution in [-0.4, -0.2) is 39.4 Å². The van der Waals surface area contributed by atoms with Crippen LogP contribution in [-0.2, 0) is 0 Å². The van der Waals surface area contributed by atoms with Crippen LogP contribution >= 0.6 is 0 Å². The molecule has 3 aromatic rings. The molecular weight excluding hydrogens is 294 g/mol. The maximum atomic E-state index is 11.3. The van der Waals surface area contributed by atoms with Crippen LogP contribution in [0.25, 0.3) is 22.3 Å². The van der Waals surface area contributed by atoms with E-state index < -0.39 is 0 Å². The Morgan fingerprint density at radius 3 is 3.00 bits per heavy atom. The van der Waals surface area contributed by atoms with Crippen molar-refractivity contribution in [2.45, 2.75) is 18.9 Å². The summed E-state index contributed by atoms with van der Waals surface area (Å²) in [6.07, 6.45) is 2.29. The van der Waals surface area contributed by atoms with Crippen LogP contribution < -0.4 is 15.7 Å². The van der Waals surface area contributed by atoms with Crippen molar-refractivity contribution < 1.29 is 4.74 Å². The van der Waals surface area contributed by atoms with Crippen LogP contribution in [0.2, 0.25) is 0 Å². The number of aromatic nitrogens is 4. The standard InChI is InChI=1S/C16H17N5O2/c22-16-19-14(20-21-16)13-8-10-4-1-2-6-12(10)15(18-13)23-9-11-5-3-7-17-11/h1-2,4,6,8,11,17H,3,5,7,9H2,(H2,19,20,21,22). The normalized spacial score (nSPS) is 17.7. The lowest BCUT2D eigenvalue weighted by molar-refractivity contribution is 0.271. The second-order valence-corrected chi connectivity index (χ2v) is 5.66. The minimum absolute atomic E-state index is 0.354. The highest BCUT2D eigenvalue weighted by Gasteiger charge is 2.16. The van der Waals surface area contributed by atoms with Crippen LogP contribution in [0.3, 0.4) is 0 Å². The molecule has 1 aliphatic heterocycles. The quantitative estimate of drug-likeness (QED) is 0.677. The van der Waals surface area contributed by atoms with Crippen molar-refractivity contribution in [1.29, 1.82) is 0 Å². The first-order chi connectivity index (χ1) is 11.3. The average Bonchev–Trinajstić information content (AvgIpc) is 3.24. The molecule has 7 heteroatoms. The van der Waals surface area contributed by atoms with Gasteiger partial charge >= 0.3 is 5.69 Å². The molecule has 0 amide bonds. The van der Waals surface area contributed by atoms with Crippen molar-refractivity contribution >= 4 is 10.8 Å². The molecule has 1 unspecified atom stereocenters. The lowest BCUT2D eigenvalue weighted by Gasteiger charge is -2.13. The summed E-state index contributed by atoms with van der Waals surface area (Å²) in [7, 11) is 0. The number of hydrogen-bond acceptors (Lipinski definition) is 5. The number of fused-ring (bicyclic) bond motifs is 1. The minimum Gasteiger partial charge on any atom is -0.476 e. The fourth-order valence-electron chi connectivity index (χ4n) is 2.87. The summed E-state index contributed by atoms with van der Waals surface area (Å²) in [4.78, 5) is 18.4. The van der Waals surface area contributed by atoms with Gasteiger partial charge < -0.3 is 10.1 Å². The first-order valence-electron chi connectivity index (χ1n) is 7.70. The van der Waals surface area contributed by atoms with Gasteiger partial charge in [-0.1, -0.05) is 18.2 Å².